The largest absolute Gasteiger partial charge is 0.322 e. The van der Waals surface area contributed by atoms with Gasteiger partial charge in [0.25, 0.3) is 0 Å². The Morgan fingerprint density at radius 3 is 2.64 bits per heavy atom. The van der Waals surface area contributed by atoms with Crippen LogP contribution in [0.5, 0.6) is 0 Å². The summed E-state index contributed by atoms with van der Waals surface area (Å²) in [6, 6.07) is 16.5. The van der Waals surface area contributed by atoms with Gasteiger partial charge in [-0.2, -0.15) is 0 Å². The van der Waals surface area contributed by atoms with Crippen LogP contribution >= 0.6 is 11.6 Å². The molecule has 0 spiro atoms. The van der Waals surface area contributed by atoms with Crippen LogP contribution in [-0.2, 0) is 6.42 Å². The van der Waals surface area contributed by atoms with Gasteiger partial charge in [-0.15, -0.1) is 0 Å². The lowest BCUT2D eigenvalue weighted by Gasteiger charge is -2.38. The molecule has 2 aliphatic rings. The van der Waals surface area contributed by atoms with Crippen molar-refractivity contribution in [1.29, 1.82) is 0 Å². The van der Waals surface area contributed by atoms with E-state index in [2.05, 4.69) is 34.5 Å². The average Bonchev–Trinajstić information content (AvgIpc) is 3.06. The molecule has 0 aromatic heterocycles. The van der Waals surface area contributed by atoms with Gasteiger partial charge < -0.3 is 10.2 Å². The number of urea groups is 1. The van der Waals surface area contributed by atoms with Gasteiger partial charge in [-0.3, -0.25) is 4.90 Å². The maximum Gasteiger partial charge on any atom is 0.321 e. The van der Waals surface area contributed by atoms with Gasteiger partial charge in [0, 0.05) is 42.9 Å². The number of fused-ring (bicyclic) bond motifs is 1. The van der Waals surface area contributed by atoms with Gasteiger partial charge in [-0.1, -0.05) is 41.9 Å². The Balaban J connectivity index is 1.35. The lowest BCUT2D eigenvalue weighted by molar-refractivity contribution is 0.113. The molecule has 25 heavy (non-hydrogen) atoms. The van der Waals surface area contributed by atoms with Gasteiger partial charge in [-0.25, -0.2) is 4.79 Å². The zero-order chi connectivity index (χ0) is 17.2. The average molecular weight is 356 g/mol. The van der Waals surface area contributed by atoms with Crippen LogP contribution in [0.1, 0.15) is 23.6 Å². The Hall–Kier alpha value is -2.04. The van der Waals surface area contributed by atoms with Crippen LogP contribution in [0.4, 0.5) is 10.5 Å². The van der Waals surface area contributed by atoms with Crippen LogP contribution in [0.15, 0.2) is 48.5 Å². The number of aryl methyl sites for hydroxylation is 1. The minimum absolute atomic E-state index is 0.0475. The Morgan fingerprint density at radius 2 is 1.84 bits per heavy atom. The topological polar surface area (TPSA) is 35.6 Å². The van der Waals surface area contributed by atoms with Crippen LogP contribution in [0.2, 0.25) is 5.02 Å². The maximum absolute atomic E-state index is 12.5. The smallest absolute Gasteiger partial charge is 0.321 e. The van der Waals surface area contributed by atoms with E-state index in [-0.39, 0.29) is 6.03 Å². The van der Waals surface area contributed by atoms with Gasteiger partial charge in [0.2, 0.25) is 0 Å². The van der Waals surface area contributed by atoms with E-state index in [4.69, 9.17) is 11.6 Å². The number of nitrogens with one attached hydrogen (secondary N) is 1. The number of hydrogen-bond donors (Lipinski definition) is 1. The van der Waals surface area contributed by atoms with Gasteiger partial charge in [0.15, 0.2) is 0 Å². The van der Waals surface area contributed by atoms with E-state index in [0.717, 1.165) is 38.3 Å². The van der Waals surface area contributed by atoms with E-state index >= 15 is 0 Å². The van der Waals surface area contributed by atoms with Crippen molar-refractivity contribution in [2.45, 2.75) is 18.9 Å². The van der Waals surface area contributed by atoms with Crippen LogP contribution in [-0.4, -0.2) is 42.0 Å². The molecule has 0 bridgehead atoms. The molecule has 4 nitrogen and oxygen atoms in total. The first-order valence-electron chi connectivity index (χ1n) is 8.84. The fraction of sp³-hybridized carbons (Fsp3) is 0.350. The molecule has 1 fully saturated rings. The second-order valence-electron chi connectivity index (χ2n) is 6.72. The molecule has 4 rings (SSSR count). The zero-order valence-corrected chi connectivity index (χ0v) is 14.9. The van der Waals surface area contributed by atoms with Crippen LogP contribution < -0.4 is 5.32 Å². The molecular weight excluding hydrogens is 334 g/mol. The first-order valence-corrected chi connectivity index (χ1v) is 9.22. The Morgan fingerprint density at radius 1 is 1.04 bits per heavy atom. The summed E-state index contributed by atoms with van der Waals surface area (Å²) in [6.07, 6.45) is 2.35. The molecule has 2 amide bonds. The van der Waals surface area contributed by atoms with Crippen molar-refractivity contribution in [3.05, 3.63) is 64.7 Å². The Labute approximate surface area is 153 Å². The van der Waals surface area contributed by atoms with Crippen molar-refractivity contribution in [2.24, 2.45) is 0 Å². The molecule has 2 aromatic carbocycles. The predicted molar refractivity (Wildman–Crippen MR) is 101 cm³/mol. The number of piperazine rings is 1. The summed E-state index contributed by atoms with van der Waals surface area (Å²) in [5.74, 6) is 0. The minimum Gasteiger partial charge on any atom is -0.322 e. The summed E-state index contributed by atoms with van der Waals surface area (Å²) in [4.78, 5) is 16.9. The highest BCUT2D eigenvalue weighted by molar-refractivity contribution is 6.30. The van der Waals surface area contributed by atoms with Crippen molar-refractivity contribution in [3.8, 4) is 0 Å². The third kappa shape index (κ3) is 3.51. The van der Waals surface area contributed by atoms with E-state index in [1.54, 1.807) is 12.1 Å². The molecule has 1 saturated heterocycles. The summed E-state index contributed by atoms with van der Waals surface area (Å²) in [5, 5.41) is 3.56. The van der Waals surface area contributed by atoms with Crippen molar-refractivity contribution in [2.75, 3.05) is 31.5 Å². The Kier molecular flexibility index (Phi) is 4.64. The van der Waals surface area contributed by atoms with Gasteiger partial charge >= 0.3 is 6.03 Å². The third-order valence-corrected chi connectivity index (χ3v) is 5.45. The molecule has 1 aliphatic carbocycles. The molecule has 1 N–H and O–H groups in total. The monoisotopic (exact) mass is 355 g/mol. The molecule has 130 valence electrons. The van der Waals surface area contributed by atoms with Crippen LogP contribution in [0, 0.1) is 0 Å². The van der Waals surface area contributed by atoms with Crippen molar-refractivity contribution < 1.29 is 4.79 Å². The van der Waals surface area contributed by atoms with Gasteiger partial charge in [0.05, 0.1) is 0 Å². The molecular formula is C20H22ClN3O. The van der Waals surface area contributed by atoms with E-state index in [0.29, 0.717) is 11.1 Å². The molecule has 1 aliphatic heterocycles. The van der Waals surface area contributed by atoms with Crippen LogP contribution in [0.25, 0.3) is 0 Å². The highest BCUT2D eigenvalue weighted by Crippen LogP contribution is 2.35. The number of benzene rings is 2. The number of rotatable bonds is 2. The lowest BCUT2D eigenvalue weighted by atomic mass is 10.1. The second kappa shape index (κ2) is 7.06. The zero-order valence-electron chi connectivity index (χ0n) is 14.1. The molecule has 1 unspecified atom stereocenters. The van der Waals surface area contributed by atoms with E-state index in [1.807, 2.05) is 17.0 Å². The summed E-state index contributed by atoms with van der Waals surface area (Å²) in [5.41, 5.74) is 3.69. The summed E-state index contributed by atoms with van der Waals surface area (Å²) in [7, 11) is 0. The number of carbonyl (C=O) groups is 1. The standard InChI is InChI=1S/C20H22ClN3O/c21-16-5-3-6-17(14-16)22-20(25)24-12-10-23(11-13-24)19-9-8-15-4-1-2-7-18(15)19/h1-7,14,19H,8-13H2,(H,22,25). The maximum atomic E-state index is 12.5. The number of anilines is 1. The molecule has 5 heteroatoms. The summed E-state index contributed by atoms with van der Waals surface area (Å²) < 4.78 is 0. The normalized spacial score (nSPS) is 20.4. The molecule has 2 aromatic rings. The summed E-state index contributed by atoms with van der Waals surface area (Å²) in [6.45, 7) is 3.35. The van der Waals surface area contributed by atoms with Gasteiger partial charge in [0.1, 0.15) is 0 Å². The van der Waals surface area contributed by atoms with E-state index < -0.39 is 0 Å². The first kappa shape index (κ1) is 16.4. The highest BCUT2D eigenvalue weighted by Gasteiger charge is 2.31. The van der Waals surface area contributed by atoms with Gasteiger partial charge in [-0.05, 0) is 42.2 Å². The quantitative estimate of drug-likeness (QED) is 0.877. The predicted octanol–water partition coefficient (Wildman–Crippen LogP) is 4.18. The highest BCUT2D eigenvalue weighted by atomic mass is 35.5. The van der Waals surface area contributed by atoms with E-state index in [9.17, 15) is 4.79 Å². The van der Waals surface area contributed by atoms with Crippen molar-refractivity contribution in [1.82, 2.24) is 9.80 Å². The minimum atomic E-state index is -0.0475. The van der Waals surface area contributed by atoms with Crippen molar-refractivity contribution >= 4 is 23.3 Å². The Bertz CT molecular complexity index is 771. The fourth-order valence-corrected chi connectivity index (χ4v) is 4.11. The number of nitrogens with zero attached hydrogens (tertiary/aromatic N) is 2. The van der Waals surface area contributed by atoms with E-state index in [1.165, 1.54) is 17.5 Å². The second-order valence-corrected chi connectivity index (χ2v) is 7.15. The SMILES string of the molecule is O=C(Nc1cccc(Cl)c1)N1CCN(C2CCc3ccccc32)CC1. The first-order chi connectivity index (χ1) is 12.2. The molecule has 0 saturated carbocycles. The van der Waals surface area contributed by atoms with Crippen LogP contribution in [0.3, 0.4) is 0 Å². The molecule has 1 atom stereocenters. The van der Waals surface area contributed by atoms with Crippen molar-refractivity contribution in [3.63, 3.8) is 0 Å². The number of halogens is 1. The molecule has 0 radical (unpaired) electrons. The number of amides is 2. The fourth-order valence-electron chi connectivity index (χ4n) is 3.92. The third-order valence-electron chi connectivity index (χ3n) is 5.22. The number of hydrogen-bond acceptors (Lipinski definition) is 2. The molecule has 1 heterocycles. The lowest BCUT2D eigenvalue weighted by Crippen LogP contribution is -2.50. The number of carbonyl (C=O) groups excluding carboxylic acids is 1. The summed E-state index contributed by atoms with van der Waals surface area (Å²) >= 11 is 5.98.